The van der Waals surface area contributed by atoms with Crippen LogP contribution in [0.3, 0.4) is 0 Å². The second-order valence-corrected chi connectivity index (χ2v) is 10.5. The number of aryl methyl sites for hydroxylation is 3. The Morgan fingerprint density at radius 3 is 2.94 bits per heavy atom. The molecule has 1 amide bonds. The number of rotatable bonds is 6. The van der Waals surface area contributed by atoms with E-state index in [0.29, 0.717) is 21.6 Å². The molecule has 0 bridgehead atoms. The van der Waals surface area contributed by atoms with E-state index in [1.165, 1.54) is 16.6 Å². The van der Waals surface area contributed by atoms with E-state index in [2.05, 4.69) is 5.32 Å². The third-order valence-corrected chi connectivity index (χ3v) is 8.13. The minimum Gasteiger partial charge on any atom is -0.467 e. The summed E-state index contributed by atoms with van der Waals surface area (Å²) >= 11 is 8.88. The van der Waals surface area contributed by atoms with Gasteiger partial charge in [0.15, 0.2) is 5.16 Å². The number of hydrogen-bond donors (Lipinski definition) is 1. The molecule has 170 valence electrons. The minimum absolute atomic E-state index is 0.0627. The van der Waals surface area contributed by atoms with E-state index >= 15 is 0 Å². The minimum atomic E-state index is -0.171. The highest BCUT2D eigenvalue weighted by Gasteiger charge is 2.23. The molecule has 4 aromatic rings. The van der Waals surface area contributed by atoms with Crippen LogP contribution in [-0.2, 0) is 24.2 Å². The van der Waals surface area contributed by atoms with Crippen LogP contribution < -0.4 is 10.9 Å². The number of anilines is 1. The first kappa shape index (κ1) is 22.3. The van der Waals surface area contributed by atoms with E-state index in [-0.39, 0.29) is 23.8 Å². The molecule has 1 aromatic carbocycles. The van der Waals surface area contributed by atoms with Crippen LogP contribution in [0.4, 0.5) is 5.69 Å². The number of amides is 1. The summed E-state index contributed by atoms with van der Waals surface area (Å²) in [5.41, 5.74) is 2.69. The lowest BCUT2D eigenvalue weighted by Gasteiger charge is -2.13. The van der Waals surface area contributed by atoms with Crippen molar-refractivity contribution in [2.24, 2.45) is 0 Å². The van der Waals surface area contributed by atoms with E-state index < -0.39 is 0 Å². The fourth-order valence-electron chi connectivity index (χ4n) is 4.11. The normalized spacial score (nSPS) is 13.3. The molecule has 5 rings (SSSR count). The number of aromatic nitrogens is 2. The smallest absolute Gasteiger partial charge is 0.263 e. The van der Waals surface area contributed by atoms with Crippen molar-refractivity contribution in [1.29, 1.82) is 0 Å². The summed E-state index contributed by atoms with van der Waals surface area (Å²) < 4.78 is 7.13. The molecule has 0 radical (unpaired) electrons. The van der Waals surface area contributed by atoms with E-state index in [1.54, 1.807) is 46.4 Å². The second kappa shape index (κ2) is 9.37. The molecule has 6 nitrogen and oxygen atoms in total. The van der Waals surface area contributed by atoms with Crippen molar-refractivity contribution in [1.82, 2.24) is 9.55 Å². The Hall–Kier alpha value is -2.55. The van der Waals surface area contributed by atoms with Gasteiger partial charge in [0.05, 0.1) is 23.9 Å². The van der Waals surface area contributed by atoms with Crippen molar-refractivity contribution in [3.63, 3.8) is 0 Å². The van der Waals surface area contributed by atoms with Crippen LogP contribution in [-0.4, -0.2) is 21.2 Å². The van der Waals surface area contributed by atoms with Gasteiger partial charge < -0.3 is 9.73 Å². The Balaban J connectivity index is 1.45. The summed E-state index contributed by atoms with van der Waals surface area (Å²) in [5.74, 6) is 0.628. The third kappa shape index (κ3) is 4.60. The number of carbonyl (C=O) groups is 1. The summed E-state index contributed by atoms with van der Waals surface area (Å²) in [5, 5.41) is 4.79. The highest BCUT2D eigenvalue weighted by molar-refractivity contribution is 7.99. The maximum absolute atomic E-state index is 13.6. The third-order valence-electron chi connectivity index (χ3n) is 5.73. The topological polar surface area (TPSA) is 77.1 Å². The number of nitrogens with one attached hydrogen (secondary N) is 1. The van der Waals surface area contributed by atoms with Crippen LogP contribution in [0.2, 0.25) is 5.02 Å². The number of fused-ring (bicyclic) bond motifs is 3. The van der Waals surface area contributed by atoms with Gasteiger partial charge in [0.1, 0.15) is 10.6 Å². The van der Waals surface area contributed by atoms with Gasteiger partial charge in [-0.15, -0.1) is 11.3 Å². The largest absolute Gasteiger partial charge is 0.467 e. The predicted molar refractivity (Wildman–Crippen MR) is 134 cm³/mol. The molecule has 3 aromatic heterocycles. The number of thiophene rings is 1. The molecule has 0 spiro atoms. The molecule has 1 N–H and O–H groups in total. The standard InChI is InChI=1S/C24H22ClN3O3S2/c1-14-11-15(25)8-9-18(14)26-20(29)13-32-24-27-22-21(17-6-2-3-7-19(17)33-22)23(30)28(24)12-16-5-4-10-31-16/h4-5,8-11H,2-3,6-7,12-13H2,1H3,(H,26,29). The number of hydrogen-bond acceptors (Lipinski definition) is 6. The van der Waals surface area contributed by atoms with Crippen molar-refractivity contribution >= 4 is 56.5 Å². The number of halogens is 1. The van der Waals surface area contributed by atoms with Crippen molar-refractivity contribution in [2.75, 3.05) is 11.1 Å². The first-order valence-corrected chi connectivity index (χ1v) is 12.9. The zero-order valence-electron chi connectivity index (χ0n) is 18.0. The lowest BCUT2D eigenvalue weighted by Crippen LogP contribution is -2.25. The van der Waals surface area contributed by atoms with Crippen LogP contribution in [0.1, 0.15) is 34.6 Å². The van der Waals surface area contributed by atoms with E-state index in [0.717, 1.165) is 47.0 Å². The van der Waals surface area contributed by atoms with E-state index in [4.69, 9.17) is 21.0 Å². The van der Waals surface area contributed by atoms with Crippen molar-refractivity contribution in [3.05, 3.63) is 73.7 Å². The first-order chi connectivity index (χ1) is 16.0. The van der Waals surface area contributed by atoms with Crippen molar-refractivity contribution in [2.45, 2.75) is 44.3 Å². The Labute approximate surface area is 204 Å². The molecule has 3 heterocycles. The van der Waals surface area contributed by atoms with Gasteiger partial charge in [0.25, 0.3) is 5.56 Å². The molecule has 0 fully saturated rings. The maximum Gasteiger partial charge on any atom is 0.263 e. The zero-order valence-corrected chi connectivity index (χ0v) is 20.4. The van der Waals surface area contributed by atoms with Crippen LogP contribution in [0.5, 0.6) is 0 Å². The number of benzene rings is 1. The van der Waals surface area contributed by atoms with E-state index in [9.17, 15) is 9.59 Å². The Morgan fingerprint density at radius 1 is 1.30 bits per heavy atom. The lowest BCUT2D eigenvalue weighted by atomic mass is 9.97. The molecule has 0 aliphatic heterocycles. The SMILES string of the molecule is Cc1cc(Cl)ccc1NC(=O)CSc1nc2sc3c(c2c(=O)n1Cc1ccco1)CCCC3. The van der Waals surface area contributed by atoms with Gasteiger partial charge in [0, 0.05) is 15.6 Å². The molecular formula is C24H22ClN3O3S2. The van der Waals surface area contributed by atoms with Gasteiger partial charge in [-0.2, -0.15) is 0 Å². The summed E-state index contributed by atoms with van der Waals surface area (Å²) in [6, 6.07) is 8.97. The van der Waals surface area contributed by atoms with Crippen LogP contribution >= 0.6 is 34.7 Å². The Bertz CT molecular complexity index is 1390. The van der Waals surface area contributed by atoms with Crippen molar-refractivity contribution in [3.8, 4) is 0 Å². The van der Waals surface area contributed by atoms with Gasteiger partial charge >= 0.3 is 0 Å². The number of carbonyl (C=O) groups excluding carboxylic acids is 1. The quantitative estimate of drug-likeness (QED) is 0.273. The number of thioether (sulfide) groups is 1. The van der Waals surface area contributed by atoms with Crippen LogP contribution in [0.15, 0.2) is 51.0 Å². The molecule has 0 saturated carbocycles. The fourth-order valence-corrected chi connectivity index (χ4v) is 6.44. The van der Waals surface area contributed by atoms with Crippen LogP contribution in [0.25, 0.3) is 10.2 Å². The maximum atomic E-state index is 13.6. The second-order valence-electron chi connectivity index (χ2n) is 8.05. The molecule has 0 unspecified atom stereocenters. The molecule has 1 aliphatic rings. The summed E-state index contributed by atoms with van der Waals surface area (Å²) in [6.07, 6.45) is 5.75. The van der Waals surface area contributed by atoms with Gasteiger partial charge in [-0.25, -0.2) is 4.98 Å². The molecule has 1 aliphatic carbocycles. The molecule has 0 atom stereocenters. The summed E-state index contributed by atoms with van der Waals surface area (Å²) in [7, 11) is 0. The zero-order chi connectivity index (χ0) is 22.9. The lowest BCUT2D eigenvalue weighted by molar-refractivity contribution is -0.113. The van der Waals surface area contributed by atoms with Crippen LogP contribution in [0, 0.1) is 6.92 Å². The number of furan rings is 1. The average Bonchev–Trinajstić information content (AvgIpc) is 3.44. The van der Waals surface area contributed by atoms with Gasteiger partial charge in [-0.3, -0.25) is 14.2 Å². The molecular weight excluding hydrogens is 478 g/mol. The molecule has 0 saturated heterocycles. The highest BCUT2D eigenvalue weighted by atomic mass is 35.5. The van der Waals surface area contributed by atoms with Gasteiger partial charge in [-0.1, -0.05) is 23.4 Å². The monoisotopic (exact) mass is 499 g/mol. The average molecular weight is 500 g/mol. The van der Waals surface area contributed by atoms with Gasteiger partial charge in [0.2, 0.25) is 5.91 Å². The van der Waals surface area contributed by atoms with Crippen molar-refractivity contribution < 1.29 is 9.21 Å². The number of nitrogens with zero attached hydrogens (tertiary/aromatic N) is 2. The Kier molecular flexibility index (Phi) is 6.32. The first-order valence-electron chi connectivity index (χ1n) is 10.8. The highest BCUT2D eigenvalue weighted by Crippen LogP contribution is 2.35. The van der Waals surface area contributed by atoms with Gasteiger partial charge in [-0.05, 0) is 74.1 Å². The fraction of sp³-hybridized carbons (Fsp3) is 0.292. The summed E-state index contributed by atoms with van der Waals surface area (Å²) in [4.78, 5) is 33.1. The summed E-state index contributed by atoms with van der Waals surface area (Å²) in [6.45, 7) is 2.17. The molecule has 33 heavy (non-hydrogen) atoms. The molecule has 9 heteroatoms. The van der Waals surface area contributed by atoms with E-state index in [1.807, 2.05) is 13.0 Å². The predicted octanol–water partition coefficient (Wildman–Crippen LogP) is 5.67. The Morgan fingerprint density at radius 2 is 2.15 bits per heavy atom.